The van der Waals surface area contributed by atoms with E-state index in [4.69, 9.17) is 23.2 Å². The third kappa shape index (κ3) is 8.09. The van der Waals surface area contributed by atoms with E-state index in [9.17, 15) is 13.2 Å². The molecule has 7 heteroatoms. The van der Waals surface area contributed by atoms with E-state index in [1.165, 1.54) is 0 Å². The molecule has 0 heterocycles. The van der Waals surface area contributed by atoms with Gasteiger partial charge in [0.2, 0.25) is 0 Å². The highest BCUT2D eigenvalue weighted by molar-refractivity contribution is 8.01. The van der Waals surface area contributed by atoms with E-state index in [1.54, 1.807) is 0 Å². The number of hydrogen-bond acceptors (Lipinski definition) is 2. The van der Waals surface area contributed by atoms with E-state index in [-0.39, 0.29) is 5.75 Å². The first kappa shape index (κ1) is 14.1. The third-order valence-electron chi connectivity index (χ3n) is 1.12. The Labute approximate surface area is 94.9 Å². The Morgan fingerprint density at radius 1 is 1.31 bits per heavy atom. The molecular weight excluding hydrogens is 264 g/mol. The monoisotopic (exact) mass is 272 g/mol. The lowest BCUT2D eigenvalue weighted by molar-refractivity contribution is -0.129. The van der Waals surface area contributed by atoms with Crippen molar-refractivity contribution in [1.82, 2.24) is 0 Å². The molecule has 0 nitrogen and oxygen atoms in total. The van der Waals surface area contributed by atoms with E-state index >= 15 is 0 Å². The molecule has 0 aromatic heterocycles. The number of alkyl halides is 5. The topological polar surface area (TPSA) is 0 Å². The van der Waals surface area contributed by atoms with Crippen LogP contribution in [0.1, 0.15) is 6.42 Å². The lowest BCUT2D eigenvalue weighted by Crippen LogP contribution is -2.15. The van der Waals surface area contributed by atoms with Crippen LogP contribution in [0.2, 0.25) is 0 Å². The van der Waals surface area contributed by atoms with Crippen LogP contribution in [0.3, 0.4) is 0 Å². The molecule has 0 fully saturated rings. The van der Waals surface area contributed by atoms with E-state index in [2.05, 4.69) is 12.6 Å². The van der Waals surface area contributed by atoms with Gasteiger partial charge < -0.3 is 0 Å². The van der Waals surface area contributed by atoms with Gasteiger partial charge in [-0.05, 0) is 0 Å². The maximum atomic E-state index is 11.7. The highest BCUT2D eigenvalue weighted by Crippen LogP contribution is 2.28. The summed E-state index contributed by atoms with van der Waals surface area (Å²) >= 11 is 16.2. The summed E-state index contributed by atoms with van der Waals surface area (Å²) < 4.78 is 34.5. The number of thioether (sulfide) groups is 1. The lowest BCUT2D eigenvalue weighted by Gasteiger charge is -2.13. The standard InChI is InChI=1S/C6H9Cl2F3S2/c7-4(3-12)5(8)13-2-1-6(9,10)11/h4-5,12H,1-3H2. The molecule has 0 rings (SSSR count). The van der Waals surface area contributed by atoms with Crippen LogP contribution >= 0.6 is 47.6 Å². The average molecular weight is 273 g/mol. The first-order valence-electron chi connectivity index (χ1n) is 3.44. The summed E-state index contributed by atoms with van der Waals surface area (Å²) in [6, 6.07) is 0. The molecule has 2 unspecified atom stereocenters. The molecule has 0 bridgehead atoms. The molecule has 0 aromatic rings. The maximum Gasteiger partial charge on any atom is 0.389 e. The van der Waals surface area contributed by atoms with Crippen molar-refractivity contribution in [2.24, 2.45) is 0 Å². The van der Waals surface area contributed by atoms with Crippen molar-refractivity contribution in [3.8, 4) is 0 Å². The highest BCUT2D eigenvalue weighted by atomic mass is 35.5. The summed E-state index contributed by atoms with van der Waals surface area (Å²) in [6.45, 7) is 0. The van der Waals surface area contributed by atoms with Gasteiger partial charge >= 0.3 is 6.18 Å². The Bertz CT molecular complexity index is 142. The van der Waals surface area contributed by atoms with Crippen molar-refractivity contribution >= 4 is 47.6 Å². The zero-order valence-corrected chi connectivity index (χ0v) is 9.74. The minimum absolute atomic E-state index is 0.0608. The Kier molecular flexibility index (Phi) is 7.07. The smallest absolute Gasteiger partial charge is 0.178 e. The zero-order valence-electron chi connectivity index (χ0n) is 6.52. The minimum Gasteiger partial charge on any atom is -0.178 e. The largest absolute Gasteiger partial charge is 0.389 e. The van der Waals surface area contributed by atoms with Crippen LogP contribution in [0.15, 0.2) is 0 Å². The molecule has 0 aliphatic carbocycles. The molecule has 13 heavy (non-hydrogen) atoms. The maximum absolute atomic E-state index is 11.7. The van der Waals surface area contributed by atoms with Crippen molar-refractivity contribution in [3.05, 3.63) is 0 Å². The van der Waals surface area contributed by atoms with Gasteiger partial charge in [0.25, 0.3) is 0 Å². The summed E-state index contributed by atoms with van der Waals surface area (Å²) in [5.74, 6) is 0.295. The Morgan fingerprint density at radius 3 is 2.23 bits per heavy atom. The van der Waals surface area contributed by atoms with Crippen LogP contribution in [0.5, 0.6) is 0 Å². The fourth-order valence-electron chi connectivity index (χ4n) is 0.475. The predicted molar refractivity (Wildman–Crippen MR) is 56.3 cm³/mol. The van der Waals surface area contributed by atoms with Crippen molar-refractivity contribution < 1.29 is 13.2 Å². The summed E-state index contributed by atoms with van der Waals surface area (Å²) in [5, 5.41) is -0.400. The third-order valence-corrected chi connectivity index (χ3v) is 4.18. The molecule has 0 N–H and O–H groups in total. The van der Waals surface area contributed by atoms with Gasteiger partial charge in [-0.25, -0.2) is 0 Å². The fraction of sp³-hybridized carbons (Fsp3) is 1.00. The lowest BCUT2D eigenvalue weighted by atomic mass is 10.5. The normalized spacial score (nSPS) is 17.1. The molecule has 0 aliphatic heterocycles. The van der Waals surface area contributed by atoms with Crippen LogP contribution < -0.4 is 0 Å². The van der Waals surface area contributed by atoms with E-state index in [0.717, 1.165) is 11.8 Å². The second-order valence-electron chi connectivity index (χ2n) is 2.29. The van der Waals surface area contributed by atoms with Crippen molar-refractivity contribution in [2.45, 2.75) is 22.7 Å². The van der Waals surface area contributed by atoms with Crippen LogP contribution in [0.4, 0.5) is 13.2 Å². The molecule has 80 valence electrons. The van der Waals surface area contributed by atoms with Crippen molar-refractivity contribution in [2.75, 3.05) is 11.5 Å². The highest BCUT2D eigenvalue weighted by Gasteiger charge is 2.27. The Hall–Kier alpha value is 1.07. The minimum atomic E-state index is -4.12. The first-order valence-corrected chi connectivity index (χ1v) is 5.99. The van der Waals surface area contributed by atoms with Gasteiger partial charge in [-0.3, -0.25) is 0 Å². The van der Waals surface area contributed by atoms with Gasteiger partial charge in [0, 0.05) is 11.5 Å². The second kappa shape index (κ2) is 6.53. The van der Waals surface area contributed by atoms with Gasteiger partial charge in [0.15, 0.2) is 0 Å². The van der Waals surface area contributed by atoms with Crippen molar-refractivity contribution in [1.29, 1.82) is 0 Å². The van der Waals surface area contributed by atoms with Crippen LogP contribution in [-0.2, 0) is 0 Å². The molecule has 0 saturated heterocycles. The molecule has 2 atom stereocenters. The Morgan fingerprint density at radius 2 is 1.85 bits per heavy atom. The summed E-state index contributed by atoms with van der Waals surface area (Å²) in [4.78, 5) is 0. The summed E-state index contributed by atoms with van der Waals surface area (Å²) in [5.41, 5.74) is 0. The molecular formula is C6H9Cl2F3S2. The van der Waals surface area contributed by atoms with Crippen molar-refractivity contribution in [3.63, 3.8) is 0 Å². The molecule has 0 spiro atoms. The number of rotatable bonds is 5. The fourth-order valence-corrected chi connectivity index (χ4v) is 2.41. The quantitative estimate of drug-likeness (QED) is 0.587. The second-order valence-corrected chi connectivity index (χ2v) is 5.19. The van der Waals surface area contributed by atoms with Crippen LogP contribution in [-0.4, -0.2) is 27.8 Å². The molecule has 0 radical (unpaired) electrons. The molecule has 0 aromatic carbocycles. The predicted octanol–water partition coefficient (Wildman–Crippen LogP) is 3.77. The van der Waals surface area contributed by atoms with Gasteiger partial charge in [-0.1, -0.05) is 0 Å². The molecule has 0 saturated carbocycles. The van der Waals surface area contributed by atoms with Gasteiger partial charge in [-0.15, -0.1) is 35.0 Å². The molecule has 0 aliphatic rings. The zero-order chi connectivity index (χ0) is 10.5. The number of thiol groups is 1. The number of halogens is 5. The average Bonchev–Trinajstić information content (AvgIpc) is 2.00. The first-order chi connectivity index (χ1) is 5.87. The summed E-state index contributed by atoms with van der Waals surface area (Å²) in [7, 11) is 0. The van der Waals surface area contributed by atoms with E-state index < -0.39 is 22.7 Å². The van der Waals surface area contributed by atoms with Crippen LogP contribution in [0.25, 0.3) is 0 Å². The number of hydrogen-bond donors (Lipinski definition) is 1. The van der Waals surface area contributed by atoms with Gasteiger partial charge in [-0.2, -0.15) is 25.8 Å². The van der Waals surface area contributed by atoms with Crippen LogP contribution in [0, 0.1) is 0 Å². The van der Waals surface area contributed by atoms with Gasteiger partial charge in [0.05, 0.1) is 16.5 Å². The SMILES string of the molecule is FC(F)(F)CCSC(Cl)C(Cl)CS. The molecule has 0 amide bonds. The van der Waals surface area contributed by atoms with Gasteiger partial charge in [0.1, 0.15) is 0 Å². The Balaban J connectivity index is 3.53. The summed E-state index contributed by atoms with van der Waals surface area (Å²) in [6.07, 6.45) is -4.95. The van der Waals surface area contributed by atoms with E-state index in [1.807, 2.05) is 0 Å². The van der Waals surface area contributed by atoms with E-state index in [0.29, 0.717) is 5.75 Å².